The second kappa shape index (κ2) is 9.22. The van der Waals surface area contributed by atoms with Gasteiger partial charge in [-0.05, 0) is 66.9 Å². The maximum absolute atomic E-state index is 13.0. The van der Waals surface area contributed by atoms with Gasteiger partial charge in [-0.3, -0.25) is 9.52 Å². The molecule has 0 radical (unpaired) electrons. The number of hydrogen-bond donors (Lipinski definition) is 1. The van der Waals surface area contributed by atoms with Gasteiger partial charge in [-0.25, -0.2) is 8.42 Å². The Kier molecular flexibility index (Phi) is 6.65. The molecular formula is C24H26N2O4S. The van der Waals surface area contributed by atoms with Crippen molar-refractivity contribution in [2.75, 3.05) is 18.9 Å². The van der Waals surface area contributed by atoms with Crippen molar-refractivity contribution < 1.29 is 17.9 Å². The predicted molar refractivity (Wildman–Crippen MR) is 122 cm³/mol. The quantitative estimate of drug-likeness (QED) is 0.594. The van der Waals surface area contributed by atoms with Crippen LogP contribution in [0.3, 0.4) is 0 Å². The average Bonchev–Trinajstić information content (AvgIpc) is 2.75. The van der Waals surface area contributed by atoms with E-state index in [0.717, 1.165) is 11.1 Å². The second-order valence-corrected chi connectivity index (χ2v) is 9.05. The maximum Gasteiger partial charge on any atom is 0.262 e. The van der Waals surface area contributed by atoms with E-state index in [0.29, 0.717) is 29.1 Å². The summed E-state index contributed by atoms with van der Waals surface area (Å²) >= 11 is 0. The molecule has 0 saturated heterocycles. The van der Waals surface area contributed by atoms with Crippen molar-refractivity contribution in [3.8, 4) is 5.75 Å². The van der Waals surface area contributed by atoms with E-state index >= 15 is 0 Å². The highest BCUT2D eigenvalue weighted by Gasteiger charge is 2.21. The van der Waals surface area contributed by atoms with Crippen molar-refractivity contribution in [2.24, 2.45) is 0 Å². The van der Waals surface area contributed by atoms with E-state index in [-0.39, 0.29) is 10.8 Å². The van der Waals surface area contributed by atoms with Crippen molar-refractivity contribution in [2.45, 2.75) is 25.3 Å². The fourth-order valence-electron chi connectivity index (χ4n) is 3.23. The number of methoxy groups -OCH3 is 1. The van der Waals surface area contributed by atoms with Gasteiger partial charge in [0.25, 0.3) is 15.9 Å². The summed E-state index contributed by atoms with van der Waals surface area (Å²) in [4.78, 5) is 14.6. The third-order valence-corrected chi connectivity index (χ3v) is 6.61. The highest BCUT2D eigenvalue weighted by atomic mass is 32.2. The highest BCUT2D eigenvalue weighted by Crippen LogP contribution is 2.23. The molecule has 0 fully saturated rings. The van der Waals surface area contributed by atoms with Crippen LogP contribution in [-0.2, 0) is 16.6 Å². The molecule has 31 heavy (non-hydrogen) atoms. The van der Waals surface area contributed by atoms with E-state index in [2.05, 4.69) is 4.72 Å². The summed E-state index contributed by atoms with van der Waals surface area (Å²) in [5, 5.41) is 0. The Bertz CT molecular complexity index is 1190. The molecule has 7 heteroatoms. The summed E-state index contributed by atoms with van der Waals surface area (Å²) < 4.78 is 33.6. The number of rotatable bonds is 7. The lowest BCUT2D eigenvalue weighted by molar-refractivity contribution is 0.0784. The number of ether oxygens (including phenoxy) is 1. The largest absolute Gasteiger partial charge is 0.497 e. The monoisotopic (exact) mass is 438 g/mol. The Balaban J connectivity index is 1.84. The Morgan fingerprint density at radius 1 is 0.968 bits per heavy atom. The molecule has 0 spiro atoms. The van der Waals surface area contributed by atoms with E-state index in [1.165, 1.54) is 6.07 Å². The minimum absolute atomic E-state index is 0.0680. The van der Waals surface area contributed by atoms with Crippen LogP contribution in [0, 0.1) is 13.8 Å². The van der Waals surface area contributed by atoms with Crippen LogP contribution in [0.1, 0.15) is 27.0 Å². The molecule has 3 aromatic rings. The number of benzene rings is 3. The van der Waals surface area contributed by atoms with Crippen LogP contribution in [0.25, 0.3) is 0 Å². The van der Waals surface area contributed by atoms with Gasteiger partial charge in [0.15, 0.2) is 0 Å². The van der Waals surface area contributed by atoms with Gasteiger partial charge in [0.05, 0.1) is 12.0 Å². The van der Waals surface area contributed by atoms with Crippen LogP contribution in [-0.4, -0.2) is 33.4 Å². The first-order chi connectivity index (χ1) is 14.7. The molecule has 3 rings (SSSR count). The molecule has 1 N–H and O–H groups in total. The Morgan fingerprint density at radius 2 is 1.65 bits per heavy atom. The third-order valence-electron chi connectivity index (χ3n) is 5.08. The van der Waals surface area contributed by atoms with E-state index in [1.807, 2.05) is 31.2 Å². The van der Waals surface area contributed by atoms with Crippen LogP contribution >= 0.6 is 0 Å². The molecule has 0 aliphatic carbocycles. The number of sulfonamides is 1. The van der Waals surface area contributed by atoms with Crippen molar-refractivity contribution in [3.63, 3.8) is 0 Å². The number of carbonyl (C=O) groups is 1. The zero-order chi connectivity index (χ0) is 22.6. The molecule has 0 aliphatic heterocycles. The van der Waals surface area contributed by atoms with Gasteiger partial charge in [-0.15, -0.1) is 0 Å². The van der Waals surface area contributed by atoms with Crippen molar-refractivity contribution in [1.82, 2.24) is 4.90 Å². The van der Waals surface area contributed by atoms with Crippen LogP contribution in [0.4, 0.5) is 5.69 Å². The van der Waals surface area contributed by atoms with Crippen molar-refractivity contribution >= 4 is 21.6 Å². The summed E-state index contributed by atoms with van der Waals surface area (Å²) in [5.41, 5.74) is 3.42. The molecule has 6 nitrogen and oxygen atoms in total. The number of nitrogens with zero attached hydrogens (tertiary/aromatic N) is 1. The Labute approximate surface area is 183 Å². The molecule has 0 bridgehead atoms. The van der Waals surface area contributed by atoms with Gasteiger partial charge in [-0.2, -0.15) is 0 Å². The molecule has 0 saturated carbocycles. The SMILES string of the molecule is COc1ccc(NS(=O)(=O)c2cc(C(=O)N(C)Cc3ccccc3C)ccc2C)cc1. The predicted octanol–water partition coefficient (Wildman–Crippen LogP) is 4.39. The Hall–Kier alpha value is -3.32. The van der Waals surface area contributed by atoms with Crippen LogP contribution in [0.5, 0.6) is 5.75 Å². The number of amides is 1. The lowest BCUT2D eigenvalue weighted by atomic mass is 10.1. The molecule has 3 aromatic carbocycles. The normalized spacial score (nSPS) is 11.1. The molecule has 162 valence electrons. The second-order valence-electron chi connectivity index (χ2n) is 7.40. The summed E-state index contributed by atoms with van der Waals surface area (Å²) in [7, 11) is -0.623. The van der Waals surface area contributed by atoms with Gasteiger partial charge >= 0.3 is 0 Å². The van der Waals surface area contributed by atoms with E-state index in [4.69, 9.17) is 4.74 Å². The third kappa shape index (κ3) is 5.24. The van der Waals surface area contributed by atoms with E-state index in [1.54, 1.807) is 62.4 Å². The summed E-state index contributed by atoms with van der Waals surface area (Å²) in [5.74, 6) is 0.382. The van der Waals surface area contributed by atoms with E-state index in [9.17, 15) is 13.2 Å². The van der Waals surface area contributed by atoms with Crippen molar-refractivity contribution in [3.05, 3.63) is 89.0 Å². The summed E-state index contributed by atoms with van der Waals surface area (Å²) in [6.45, 7) is 4.13. The first-order valence-electron chi connectivity index (χ1n) is 9.79. The molecular weight excluding hydrogens is 412 g/mol. The standard InChI is InChI=1S/C24H26N2O4S/c1-17-7-5-6-8-20(17)16-26(3)24(27)19-10-9-18(2)23(15-19)31(28,29)25-21-11-13-22(30-4)14-12-21/h5-15,25H,16H2,1-4H3. The summed E-state index contributed by atoms with van der Waals surface area (Å²) in [6.07, 6.45) is 0. The number of anilines is 1. The fraction of sp³-hybridized carbons (Fsp3) is 0.208. The van der Waals surface area contributed by atoms with Gasteiger partial charge in [0.1, 0.15) is 5.75 Å². The first kappa shape index (κ1) is 22.4. The zero-order valence-corrected chi connectivity index (χ0v) is 18.9. The minimum atomic E-state index is -3.87. The Morgan fingerprint density at radius 3 is 2.29 bits per heavy atom. The number of nitrogens with one attached hydrogen (secondary N) is 1. The maximum atomic E-state index is 13.0. The lowest BCUT2D eigenvalue weighted by Gasteiger charge is -2.19. The van der Waals surface area contributed by atoms with Crippen LogP contribution < -0.4 is 9.46 Å². The van der Waals surface area contributed by atoms with E-state index < -0.39 is 10.0 Å². The molecule has 0 aromatic heterocycles. The molecule has 0 aliphatic rings. The topological polar surface area (TPSA) is 75.7 Å². The fourth-order valence-corrected chi connectivity index (χ4v) is 4.56. The smallest absolute Gasteiger partial charge is 0.262 e. The molecule has 0 heterocycles. The van der Waals surface area contributed by atoms with Crippen LogP contribution in [0.15, 0.2) is 71.6 Å². The summed E-state index contributed by atoms with van der Waals surface area (Å²) in [6, 6.07) is 19.2. The van der Waals surface area contributed by atoms with Crippen molar-refractivity contribution in [1.29, 1.82) is 0 Å². The van der Waals surface area contributed by atoms with Gasteiger partial charge in [0.2, 0.25) is 0 Å². The minimum Gasteiger partial charge on any atom is -0.497 e. The molecule has 0 atom stereocenters. The first-order valence-corrected chi connectivity index (χ1v) is 11.3. The number of aryl methyl sites for hydroxylation is 2. The lowest BCUT2D eigenvalue weighted by Crippen LogP contribution is -2.27. The van der Waals surface area contributed by atoms with Gasteiger partial charge < -0.3 is 9.64 Å². The number of hydrogen-bond acceptors (Lipinski definition) is 4. The average molecular weight is 439 g/mol. The highest BCUT2D eigenvalue weighted by molar-refractivity contribution is 7.92. The zero-order valence-electron chi connectivity index (χ0n) is 18.0. The molecule has 0 unspecified atom stereocenters. The molecule has 1 amide bonds. The number of carbonyl (C=O) groups excluding carboxylic acids is 1. The van der Waals surface area contributed by atoms with Crippen LogP contribution in [0.2, 0.25) is 0 Å². The van der Waals surface area contributed by atoms with Gasteiger partial charge in [0, 0.05) is 24.8 Å². The van der Waals surface area contributed by atoms with Gasteiger partial charge in [-0.1, -0.05) is 30.3 Å².